The van der Waals surface area contributed by atoms with Crippen molar-refractivity contribution in [2.45, 2.75) is 0 Å². The van der Waals surface area contributed by atoms with E-state index in [1.165, 1.54) is 0 Å². The molecular weight excluding hydrogens is 356 g/mol. The zero-order chi connectivity index (χ0) is 16.1. The van der Waals surface area contributed by atoms with E-state index < -0.39 is 0 Å². The summed E-state index contributed by atoms with van der Waals surface area (Å²) in [5, 5.41) is 5.31. The molecule has 0 saturated heterocycles. The Balaban J connectivity index is 1.64. The van der Waals surface area contributed by atoms with Crippen molar-refractivity contribution in [3.05, 3.63) is 71.5 Å². The van der Waals surface area contributed by atoms with Gasteiger partial charge in [0.25, 0.3) is 0 Å². The van der Waals surface area contributed by atoms with Gasteiger partial charge in [0.05, 0.1) is 4.47 Å². The molecule has 0 unspecified atom stereocenters. The smallest absolute Gasteiger partial charge is 0.308 e. The molecular formula is C17H13BrN4O. The van der Waals surface area contributed by atoms with Crippen LogP contribution in [-0.4, -0.2) is 16.0 Å². The molecule has 0 atom stereocenters. The Kier molecular flexibility index (Phi) is 4.63. The zero-order valence-electron chi connectivity index (χ0n) is 12.0. The van der Waals surface area contributed by atoms with Gasteiger partial charge in [0.1, 0.15) is 0 Å². The van der Waals surface area contributed by atoms with Gasteiger partial charge in [-0.2, -0.15) is 0 Å². The number of amides is 2. The number of hydrogen-bond donors (Lipinski definition) is 2. The molecule has 2 N–H and O–H groups in total. The Morgan fingerprint density at radius 1 is 0.826 bits per heavy atom. The highest BCUT2D eigenvalue weighted by atomic mass is 79.9. The maximum absolute atomic E-state index is 11.9. The molecule has 6 heteroatoms. The first-order valence-corrected chi connectivity index (χ1v) is 7.71. The summed E-state index contributed by atoms with van der Waals surface area (Å²) < 4.78 is 0.750. The van der Waals surface area contributed by atoms with Crippen molar-refractivity contribution >= 4 is 33.6 Å². The molecule has 23 heavy (non-hydrogen) atoms. The monoisotopic (exact) mass is 368 g/mol. The fourth-order valence-electron chi connectivity index (χ4n) is 2.02. The fraction of sp³-hybridized carbons (Fsp3) is 0. The van der Waals surface area contributed by atoms with E-state index >= 15 is 0 Å². The van der Waals surface area contributed by atoms with Crippen LogP contribution in [0.1, 0.15) is 0 Å². The molecule has 5 nitrogen and oxygen atoms in total. The molecule has 0 aliphatic heterocycles. The van der Waals surface area contributed by atoms with Crippen LogP contribution >= 0.6 is 15.9 Å². The molecule has 0 saturated carbocycles. The third-order valence-corrected chi connectivity index (χ3v) is 3.51. The van der Waals surface area contributed by atoms with Crippen LogP contribution in [-0.2, 0) is 0 Å². The number of nitrogens with zero attached hydrogens (tertiary/aromatic N) is 2. The first kappa shape index (κ1) is 15.2. The first-order valence-electron chi connectivity index (χ1n) is 6.92. The highest BCUT2D eigenvalue weighted by molar-refractivity contribution is 9.10. The average molecular weight is 369 g/mol. The fourth-order valence-corrected chi connectivity index (χ4v) is 2.22. The number of rotatable bonds is 3. The minimum absolute atomic E-state index is 0.242. The zero-order valence-corrected chi connectivity index (χ0v) is 13.6. The second kappa shape index (κ2) is 7.02. The van der Waals surface area contributed by atoms with Crippen LogP contribution in [0.15, 0.2) is 71.5 Å². The maximum Gasteiger partial charge on any atom is 0.326 e. The lowest BCUT2D eigenvalue weighted by Crippen LogP contribution is -2.20. The molecule has 114 valence electrons. The van der Waals surface area contributed by atoms with E-state index in [4.69, 9.17) is 0 Å². The van der Waals surface area contributed by atoms with Gasteiger partial charge in [-0.1, -0.05) is 42.5 Å². The van der Waals surface area contributed by atoms with Gasteiger partial charge in [-0.25, -0.2) is 14.8 Å². The second-order valence-corrected chi connectivity index (χ2v) is 5.66. The highest BCUT2D eigenvalue weighted by Gasteiger charge is 2.05. The van der Waals surface area contributed by atoms with Gasteiger partial charge in [-0.3, -0.25) is 5.32 Å². The van der Waals surface area contributed by atoms with Gasteiger partial charge in [0, 0.05) is 18.1 Å². The van der Waals surface area contributed by atoms with Crippen molar-refractivity contribution < 1.29 is 4.79 Å². The molecule has 2 amide bonds. The third-order valence-electron chi connectivity index (χ3n) is 3.10. The van der Waals surface area contributed by atoms with E-state index in [1.54, 1.807) is 12.4 Å². The van der Waals surface area contributed by atoms with Crippen LogP contribution in [0.25, 0.3) is 11.1 Å². The van der Waals surface area contributed by atoms with Gasteiger partial charge in [0.2, 0.25) is 5.95 Å². The summed E-state index contributed by atoms with van der Waals surface area (Å²) in [4.78, 5) is 19.9. The lowest BCUT2D eigenvalue weighted by atomic mass is 10.1. The van der Waals surface area contributed by atoms with Crippen molar-refractivity contribution in [2.24, 2.45) is 0 Å². The number of halogens is 1. The van der Waals surface area contributed by atoms with Crippen LogP contribution in [0.5, 0.6) is 0 Å². The Bertz CT molecular complexity index is 789. The topological polar surface area (TPSA) is 66.9 Å². The minimum Gasteiger partial charge on any atom is -0.308 e. The normalized spacial score (nSPS) is 10.1. The number of carbonyl (C=O) groups excluding carboxylic acids is 1. The van der Waals surface area contributed by atoms with E-state index in [0.29, 0.717) is 5.69 Å². The molecule has 0 aliphatic carbocycles. The molecule has 1 heterocycles. The largest absolute Gasteiger partial charge is 0.326 e. The third kappa shape index (κ3) is 4.14. The van der Waals surface area contributed by atoms with Gasteiger partial charge >= 0.3 is 6.03 Å². The Morgan fingerprint density at radius 2 is 1.43 bits per heavy atom. The van der Waals surface area contributed by atoms with Crippen molar-refractivity contribution in [1.29, 1.82) is 0 Å². The minimum atomic E-state index is -0.389. The summed E-state index contributed by atoms with van der Waals surface area (Å²) in [6, 6.07) is 17.3. The lowest BCUT2D eigenvalue weighted by Gasteiger charge is -2.07. The molecule has 0 aliphatic rings. The predicted molar refractivity (Wildman–Crippen MR) is 94.3 cm³/mol. The van der Waals surface area contributed by atoms with Crippen molar-refractivity contribution in [3.63, 3.8) is 0 Å². The summed E-state index contributed by atoms with van der Waals surface area (Å²) in [5.74, 6) is 0.242. The molecule has 2 aromatic carbocycles. The number of hydrogen-bond acceptors (Lipinski definition) is 3. The number of nitrogens with one attached hydrogen (secondary N) is 2. The van der Waals surface area contributed by atoms with Crippen LogP contribution in [0.3, 0.4) is 0 Å². The van der Waals surface area contributed by atoms with E-state index in [-0.39, 0.29) is 12.0 Å². The van der Waals surface area contributed by atoms with Crippen molar-refractivity contribution in [3.8, 4) is 11.1 Å². The van der Waals surface area contributed by atoms with Gasteiger partial charge in [-0.15, -0.1) is 0 Å². The number of anilines is 2. The number of aromatic nitrogens is 2. The molecule has 0 spiro atoms. The predicted octanol–water partition coefficient (Wildman–Crippen LogP) is 4.55. The SMILES string of the molecule is O=C(Nc1ccc(-c2ccccc2)cc1)Nc1ncc(Br)cn1. The standard InChI is InChI=1S/C17H13BrN4O/c18-14-10-19-16(20-11-14)22-17(23)21-15-8-6-13(7-9-15)12-4-2-1-3-5-12/h1-11H,(H2,19,20,21,22,23). The lowest BCUT2D eigenvalue weighted by molar-refractivity contribution is 0.262. The van der Waals surface area contributed by atoms with E-state index in [1.807, 2.05) is 54.6 Å². The first-order chi connectivity index (χ1) is 11.2. The molecule has 0 radical (unpaired) electrons. The van der Waals surface area contributed by atoms with Crippen LogP contribution in [0.2, 0.25) is 0 Å². The Labute approximate surface area is 141 Å². The number of benzene rings is 2. The van der Waals surface area contributed by atoms with Crippen LogP contribution in [0.4, 0.5) is 16.4 Å². The van der Waals surface area contributed by atoms with Gasteiger partial charge in [-0.05, 0) is 39.2 Å². The highest BCUT2D eigenvalue weighted by Crippen LogP contribution is 2.21. The van der Waals surface area contributed by atoms with Crippen LogP contribution in [0, 0.1) is 0 Å². The van der Waals surface area contributed by atoms with Gasteiger partial charge < -0.3 is 5.32 Å². The molecule has 3 rings (SSSR count). The van der Waals surface area contributed by atoms with E-state index in [9.17, 15) is 4.79 Å². The summed E-state index contributed by atoms with van der Waals surface area (Å²) in [5.41, 5.74) is 2.92. The van der Waals surface area contributed by atoms with Crippen LogP contribution < -0.4 is 10.6 Å². The molecule has 3 aromatic rings. The number of urea groups is 1. The van der Waals surface area contributed by atoms with Crippen molar-refractivity contribution in [2.75, 3.05) is 10.6 Å². The molecule has 0 fully saturated rings. The molecule has 1 aromatic heterocycles. The Morgan fingerprint density at radius 3 is 2.09 bits per heavy atom. The summed E-state index contributed by atoms with van der Waals surface area (Å²) in [7, 11) is 0. The summed E-state index contributed by atoms with van der Waals surface area (Å²) in [6.45, 7) is 0. The van der Waals surface area contributed by atoms with E-state index in [0.717, 1.165) is 15.6 Å². The van der Waals surface area contributed by atoms with E-state index in [2.05, 4.69) is 36.5 Å². The average Bonchev–Trinajstić information content (AvgIpc) is 2.58. The molecule has 0 bridgehead atoms. The summed E-state index contributed by atoms with van der Waals surface area (Å²) >= 11 is 3.24. The van der Waals surface area contributed by atoms with Crippen molar-refractivity contribution in [1.82, 2.24) is 9.97 Å². The number of carbonyl (C=O) groups is 1. The van der Waals surface area contributed by atoms with Gasteiger partial charge in [0.15, 0.2) is 0 Å². The second-order valence-electron chi connectivity index (χ2n) is 4.75. The summed E-state index contributed by atoms with van der Waals surface area (Å²) in [6.07, 6.45) is 3.13. The Hall–Kier alpha value is -2.73. The maximum atomic E-state index is 11.9. The quantitative estimate of drug-likeness (QED) is 0.712.